The Morgan fingerprint density at radius 2 is 1.78 bits per heavy atom. The zero-order chi connectivity index (χ0) is 13.7. The molecule has 0 saturated heterocycles. The highest BCUT2D eigenvalue weighted by atomic mass is 15.0. The van der Waals surface area contributed by atoms with E-state index in [1.165, 1.54) is 32.1 Å². The predicted molar refractivity (Wildman–Crippen MR) is 81.8 cm³/mol. The molecule has 1 fully saturated rings. The van der Waals surface area contributed by atoms with Gasteiger partial charge in [-0.15, -0.1) is 0 Å². The van der Waals surface area contributed by atoms with Gasteiger partial charge in [0.15, 0.2) is 0 Å². The van der Waals surface area contributed by atoms with Gasteiger partial charge in [0.2, 0.25) is 0 Å². The third-order valence-corrected chi connectivity index (χ3v) is 4.97. The summed E-state index contributed by atoms with van der Waals surface area (Å²) >= 11 is 0. The number of rotatable bonds is 6. The molecule has 1 aliphatic carbocycles. The highest BCUT2D eigenvalue weighted by Gasteiger charge is 2.31. The zero-order valence-electron chi connectivity index (χ0n) is 13.5. The lowest BCUT2D eigenvalue weighted by Gasteiger charge is -2.39. The van der Waals surface area contributed by atoms with E-state index in [4.69, 9.17) is 0 Å². The molecule has 0 radical (unpaired) electrons. The maximum atomic E-state index is 3.95. The van der Waals surface area contributed by atoms with Crippen molar-refractivity contribution >= 4 is 0 Å². The van der Waals surface area contributed by atoms with Crippen molar-refractivity contribution in [1.29, 1.82) is 0 Å². The van der Waals surface area contributed by atoms with E-state index in [1.807, 2.05) is 0 Å². The van der Waals surface area contributed by atoms with Gasteiger partial charge in [0.25, 0.3) is 0 Å². The smallest absolute Gasteiger partial charge is 0.0103 e. The van der Waals surface area contributed by atoms with Gasteiger partial charge >= 0.3 is 0 Å². The summed E-state index contributed by atoms with van der Waals surface area (Å²) in [7, 11) is 0. The van der Waals surface area contributed by atoms with Crippen molar-refractivity contribution in [1.82, 2.24) is 5.32 Å². The van der Waals surface area contributed by atoms with Gasteiger partial charge in [-0.25, -0.2) is 0 Å². The fraction of sp³-hybridized carbons (Fsp3) is 1.00. The highest BCUT2D eigenvalue weighted by molar-refractivity contribution is 4.87. The topological polar surface area (TPSA) is 12.0 Å². The molecule has 0 bridgehead atoms. The first kappa shape index (κ1) is 16.0. The third-order valence-electron chi connectivity index (χ3n) is 4.97. The normalized spacial score (nSPS) is 32.5. The first-order valence-electron chi connectivity index (χ1n) is 8.20. The Hall–Kier alpha value is -0.0400. The second-order valence-corrected chi connectivity index (χ2v) is 7.25. The Morgan fingerprint density at radius 1 is 1.11 bits per heavy atom. The number of nitrogens with one attached hydrogen (secondary N) is 1. The van der Waals surface area contributed by atoms with Crippen molar-refractivity contribution in [3.8, 4) is 0 Å². The van der Waals surface area contributed by atoms with Crippen LogP contribution < -0.4 is 5.32 Å². The van der Waals surface area contributed by atoms with E-state index in [-0.39, 0.29) is 0 Å². The Labute approximate surface area is 115 Å². The average molecular weight is 253 g/mol. The summed E-state index contributed by atoms with van der Waals surface area (Å²) in [4.78, 5) is 0. The quantitative estimate of drug-likeness (QED) is 0.712. The minimum Gasteiger partial charge on any atom is -0.311 e. The molecule has 0 heterocycles. The summed E-state index contributed by atoms with van der Waals surface area (Å²) in [6.45, 7) is 14.3. The van der Waals surface area contributed by atoms with Crippen LogP contribution in [0.25, 0.3) is 0 Å². The van der Waals surface area contributed by atoms with Crippen molar-refractivity contribution < 1.29 is 0 Å². The van der Waals surface area contributed by atoms with Crippen LogP contribution in [-0.4, -0.2) is 12.1 Å². The van der Waals surface area contributed by atoms with Gasteiger partial charge in [0.1, 0.15) is 0 Å². The minimum atomic E-state index is 0.677. The Bertz CT molecular complexity index is 224. The minimum absolute atomic E-state index is 0.677. The molecule has 1 rings (SSSR count). The van der Waals surface area contributed by atoms with Gasteiger partial charge in [-0.05, 0) is 49.9 Å². The van der Waals surface area contributed by atoms with E-state index in [9.17, 15) is 0 Å². The van der Waals surface area contributed by atoms with Crippen LogP contribution in [0.5, 0.6) is 0 Å². The molecule has 0 aromatic heterocycles. The zero-order valence-corrected chi connectivity index (χ0v) is 13.5. The predicted octanol–water partition coefficient (Wildman–Crippen LogP) is 4.86. The maximum absolute atomic E-state index is 3.95. The Morgan fingerprint density at radius 3 is 2.33 bits per heavy atom. The lowest BCUT2D eigenvalue weighted by molar-refractivity contribution is 0.156. The third kappa shape index (κ3) is 4.91. The maximum Gasteiger partial charge on any atom is 0.0103 e. The van der Waals surface area contributed by atoms with E-state index >= 15 is 0 Å². The second-order valence-electron chi connectivity index (χ2n) is 7.25. The van der Waals surface area contributed by atoms with Crippen LogP contribution >= 0.6 is 0 Å². The molecule has 1 N–H and O–H groups in total. The molecule has 5 atom stereocenters. The van der Waals surface area contributed by atoms with E-state index < -0.39 is 0 Å². The Balaban J connectivity index is 2.49. The SMILES string of the molecule is CCC(C)CC(C)NC1CC(C)CCC1C(C)C. The molecular formula is C17H35N. The molecule has 0 amide bonds. The molecule has 1 aliphatic rings. The Kier molecular flexibility index (Phi) is 6.70. The van der Waals surface area contributed by atoms with Crippen LogP contribution in [0.4, 0.5) is 0 Å². The van der Waals surface area contributed by atoms with Crippen LogP contribution in [0.2, 0.25) is 0 Å². The van der Waals surface area contributed by atoms with Gasteiger partial charge in [-0.2, -0.15) is 0 Å². The van der Waals surface area contributed by atoms with E-state index in [2.05, 4.69) is 46.9 Å². The molecule has 18 heavy (non-hydrogen) atoms. The molecule has 0 aromatic carbocycles. The lowest BCUT2D eigenvalue weighted by atomic mass is 9.73. The number of hydrogen-bond acceptors (Lipinski definition) is 1. The van der Waals surface area contributed by atoms with Crippen molar-refractivity contribution in [3.63, 3.8) is 0 Å². The van der Waals surface area contributed by atoms with Gasteiger partial charge in [0, 0.05) is 12.1 Å². The molecule has 1 nitrogen and oxygen atoms in total. The van der Waals surface area contributed by atoms with Crippen LogP contribution in [0.1, 0.15) is 73.6 Å². The fourth-order valence-electron chi connectivity index (χ4n) is 3.60. The van der Waals surface area contributed by atoms with Crippen molar-refractivity contribution in [2.75, 3.05) is 0 Å². The summed E-state index contributed by atoms with van der Waals surface area (Å²) in [6.07, 6.45) is 6.87. The van der Waals surface area contributed by atoms with Crippen LogP contribution in [0.3, 0.4) is 0 Å². The molecule has 0 aliphatic heterocycles. The van der Waals surface area contributed by atoms with Crippen molar-refractivity contribution in [2.45, 2.75) is 85.7 Å². The molecule has 1 saturated carbocycles. The van der Waals surface area contributed by atoms with Crippen molar-refractivity contribution in [2.24, 2.45) is 23.7 Å². The molecule has 108 valence electrons. The van der Waals surface area contributed by atoms with Crippen LogP contribution in [0.15, 0.2) is 0 Å². The average Bonchev–Trinajstić information content (AvgIpc) is 2.28. The molecule has 0 spiro atoms. The summed E-state index contributed by atoms with van der Waals surface area (Å²) in [5.74, 6) is 3.48. The largest absolute Gasteiger partial charge is 0.311 e. The van der Waals surface area contributed by atoms with Crippen molar-refractivity contribution in [3.05, 3.63) is 0 Å². The van der Waals surface area contributed by atoms with Gasteiger partial charge in [-0.1, -0.05) is 47.5 Å². The first-order valence-corrected chi connectivity index (χ1v) is 8.20. The van der Waals surface area contributed by atoms with Gasteiger partial charge in [0.05, 0.1) is 0 Å². The lowest BCUT2D eigenvalue weighted by Crippen LogP contribution is -2.46. The fourth-order valence-corrected chi connectivity index (χ4v) is 3.60. The summed E-state index contributed by atoms with van der Waals surface area (Å²) in [5, 5.41) is 3.95. The first-order chi connectivity index (χ1) is 8.43. The highest BCUT2D eigenvalue weighted by Crippen LogP contribution is 2.33. The summed E-state index contributed by atoms with van der Waals surface area (Å²) < 4.78 is 0. The van der Waals surface area contributed by atoms with Crippen LogP contribution in [-0.2, 0) is 0 Å². The van der Waals surface area contributed by atoms with E-state index in [0.29, 0.717) is 6.04 Å². The van der Waals surface area contributed by atoms with Crippen LogP contribution in [0, 0.1) is 23.7 Å². The molecular weight excluding hydrogens is 218 g/mol. The number of hydrogen-bond donors (Lipinski definition) is 1. The molecule has 1 heteroatoms. The van der Waals surface area contributed by atoms with Gasteiger partial charge < -0.3 is 5.32 Å². The summed E-state index contributed by atoms with van der Waals surface area (Å²) in [5.41, 5.74) is 0. The van der Waals surface area contributed by atoms with Gasteiger partial charge in [-0.3, -0.25) is 0 Å². The second kappa shape index (κ2) is 7.53. The molecule has 5 unspecified atom stereocenters. The molecule has 0 aromatic rings. The standard InChI is InChI=1S/C17H35N/c1-7-13(4)10-15(6)18-17-11-14(5)8-9-16(17)12(2)3/h12-18H,7-11H2,1-6H3. The summed E-state index contributed by atoms with van der Waals surface area (Å²) in [6, 6.07) is 1.43. The van der Waals surface area contributed by atoms with E-state index in [1.54, 1.807) is 0 Å². The van der Waals surface area contributed by atoms with E-state index in [0.717, 1.165) is 29.7 Å². The monoisotopic (exact) mass is 253 g/mol.